The summed E-state index contributed by atoms with van der Waals surface area (Å²) in [6.45, 7) is 0.383. The maximum absolute atomic E-state index is 5.73. The molecule has 0 bridgehead atoms. The summed E-state index contributed by atoms with van der Waals surface area (Å²) in [6.07, 6.45) is 1.77. The van der Waals surface area contributed by atoms with E-state index in [1.165, 1.54) is 0 Å². The zero-order valence-corrected chi connectivity index (χ0v) is 10.8. The molecule has 0 spiro atoms. The number of nitrogens with one attached hydrogen (secondary N) is 1. The summed E-state index contributed by atoms with van der Waals surface area (Å²) < 4.78 is 5.73. The Hall–Kier alpha value is -2.66. The van der Waals surface area contributed by atoms with Crippen molar-refractivity contribution in [1.29, 1.82) is 0 Å². The predicted octanol–water partition coefficient (Wildman–Crippen LogP) is 2.49. The maximum Gasteiger partial charge on any atom is 0.140 e. The fraction of sp³-hybridized carbons (Fsp3) is 0.0667. The number of hydrazine groups is 1. The highest BCUT2D eigenvalue weighted by atomic mass is 16.5. The van der Waals surface area contributed by atoms with Crippen LogP contribution in [0, 0.1) is 0 Å². The average Bonchev–Trinajstić information content (AvgIpc) is 2.53. The van der Waals surface area contributed by atoms with Crippen molar-refractivity contribution in [3.63, 3.8) is 0 Å². The van der Waals surface area contributed by atoms with Crippen molar-refractivity contribution < 1.29 is 4.74 Å². The number of pyridine rings is 2. The summed E-state index contributed by atoms with van der Waals surface area (Å²) in [6, 6.07) is 15.3. The third-order valence-corrected chi connectivity index (χ3v) is 2.92. The van der Waals surface area contributed by atoms with Gasteiger partial charge in [-0.15, -0.1) is 0 Å². The van der Waals surface area contributed by atoms with Gasteiger partial charge in [0, 0.05) is 17.6 Å². The average molecular weight is 266 g/mol. The molecule has 2 heterocycles. The van der Waals surface area contributed by atoms with Crippen molar-refractivity contribution in [2.24, 2.45) is 5.84 Å². The lowest BCUT2D eigenvalue weighted by atomic mass is 10.2. The number of nitrogens with zero attached hydrogens (tertiary/aromatic N) is 2. The van der Waals surface area contributed by atoms with E-state index in [1.54, 1.807) is 12.3 Å². The topological polar surface area (TPSA) is 73.1 Å². The van der Waals surface area contributed by atoms with Gasteiger partial charge in [-0.2, -0.15) is 0 Å². The Balaban J connectivity index is 1.76. The molecule has 5 nitrogen and oxygen atoms in total. The van der Waals surface area contributed by atoms with Crippen molar-refractivity contribution in [1.82, 2.24) is 9.97 Å². The summed E-state index contributed by atoms with van der Waals surface area (Å²) in [7, 11) is 0. The molecule has 0 saturated heterocycles. The van der Waals surface area contributed by atoms with Crippen LogP contribution >= 0.6 is 0 Å². The van der Waals surface area contributed by atoms with Gasteiger partial charge >= 0.3 is 0 Å². The quantitative estimate of drug-likeness (QED) is 0.560. The van der Waals surface area contributed by atoms with Gasteiger partial charge in [-0.25, -0.2) is 10.8 Å². The molecule has 0 aliphatic rings. The summed E-state index contributed by atoms with van der Waals surface area (Å²) in [5.74, 6) is 6.71. The number of hydrogen-bond acceptors (Lipinski definition) is 5. The van der Waals surface area contributed by atoms with Gasteiger partial charge in [0.15, 0.2) is 0 Å². The standard InChI is InChI=1S/C15H14N4O/c16-19-15-5-1-4-12(18-15)10-20-13-7-6-11-3-2-8-17-14(11)9-13/h1-9H,10,16H2,(H,18,19). The first-order valence-electron chi connectivity index (χ1n) is 6.25. The first-order valence-corrected chi connectivity index (χ1v) is 6.25. The Morgan fingerprint density at radius 2 is 2.05 bits per heavy atom. The number of nitrogen functional groups attached to an aromatic ring is 1. The molecule has 0 saturated carbocycles. The largest absolute Gasteiger partial charge is 0.487 e. The number of anilines is 1. The number of nitrogens with two attached hydrogens (primary N) is 1. The van der Waals surface area contributed by atoms with Gasteiger partial charge in [-0.3, -0.25) is 4.98 Å². The number of ether oxygens (including phenoxy) is 1. The van der Waals surface area contributed by atoms with Crippen LogP contribution in [-0.2, 0) is 6.61 Å². The van der Waals surface area contributed by atoms with Gasteiger partial charge < -0.3 is 10.2 Å². The Kier molecular flexibility index (Phi) is 3.43. The van der Waals surface area contributed by atoms with Crippen molar-refractivity contribution in [2.75, 3.05) is 5.43 Å². The van der Waals surface area contributed by atoms with Crippen molar-refractivity contribution in [3.8, 4) is 5.75 Å². The third-order valence-electron chi connectivity index (χ3n) is 2.92. The van der Waals surface area contributed by atoms with E-state index in [-0.39, 0.29) is 0 Å². The Labute approximate surface area is 116 Å². The fourth-order valence-electron chi connectivity index (χ4n) is 1.93. The fourth-order valence-corrected chi connectivity index (χ4v) is 1.93. The van der Waals surface area contributed by atoms with Crippen LogP contribution in [0.4, 0.5) is 5.82 Å². The predicted molar refractivity (Wildman–Crippen MR) is 78.1 cm³/mol. The second-order valence-electron chi connectivity index (χ2n) is 4.31. The van der Waals surface area contributed by atoms with Gasteiger partial charge in [0.05, 0.1) is 11.2 Å². The lowest BCUT2D eigenvalue weighted by Crippen LogP contribution is -2.09. The van der Waals surface area contributed by atoms with E-state index in [2.05, 4.69) is 15.4 Å². The molecule has 3 rings (SSSR count). The second-order valence-corrected chi connectivity index (χ2v) is 4.31. The number of fused-ring (bicyclic) bond motifs is 1. The molecule has 3 N–H and O–H groups in total. The highest BCUT2D eigenvalue weighted by molar-refractivity contribution is 5.79. The second kappa shape index (κ2) is 5.54. The zero-order chi connectivity index (χ0) is 13.8. The minimum absolute atomic E-state index is 0.383. The molecule has 0 fully saturated rings. The van der Waals surface area contributed by atoms with Crippen LogP contribution in [0.2, 0.25) is 0 Å². The minimum Gasteiger partial charge on any atom is -0.487 e. The van der Waals surface area contributed by atoms with E-state index in [1.807, 2.05) is 42.5 Å². The van der Waals surface area contributed by atoms with E-state index in [0.717, 1.165) is 22.3 Å². The van der Waals surface area contributed by atoms with Crippen molar-refractivity contribution in [2.45, 2.75) is 6.61 Å². The molecule has 20 heavy (non-hydrogen) atoms. The highest BCUT2D eigenvalue weighted by Gasteiger charge is 2.01. The summed E-state index contributed by atoms with van der Waals surface area (Å²) in [4.78, 5) is 8.59. The van der Waals surface area contributed by atoms with Gasteiger partial charge in [0.25, 0.3) is 0 Å². The van der Waals surface area contributed by atoms with Crippen LogP contribution in [0.5, 0.6) is 5.75 Å². The summed E-state index contributed by atoms with van der Waals surface area (Å²) >= 11 is 0. The SMILES string of the molecule is NNc1cccc(COc2ccc3cccnc3c2)n1. The van der Waals surface area contributed by atoms with Crippen LogP contribution in [0.15, 0.2) is 54.7 Å². The number of rotatable bonds is 4. The maximum atomic E-state index is 5.73. The first-order chi connectivity index (χ1) is 9.85. The molecule has 0 aliphatic carbocycles. The molecular formula is C15H14N4O. The normalized spacial score (nSPS) is 10.4. The van der Waals surface area contributed by atoms with Crippen LogP contribution < -0.4 is 16.0 Å². The zero-order valence-electron chi connectivity index (χ0n) is 10.8. The molecule has 0 unspecified atom stereocenters. The smallest absolute Gasteiger partial charge is 0.140 e. The summed E-state index contributed by atoms with van der Waals surface area (Å²) in [5.41, 5.74) is 4.23. The number of aromatic nitrogens is 2. The van der Waals surface area contributed by atoms with Gasteiger partial charge in [0.1, 0.15) is 18.2 Å². The first kappa shape index (κ1) is 12.4. The van der Waals surface area contributed by atoms with Crippen LogP contribution in [0.3, 0.4) is 0 Å². The highest BCUT2D eigenvalue weighted by Crippen LogP contribution is 2.19. The molecule has 0 aliphatic heterocycles. The van der Waals surface area contributed by atoms with Gasteiger partial charge in [-0.05, 0) is 30.3 Å². The van der Waals surface area contributed by atoms with Crippen molar-refractivity contribution >= 4 is 16.7 Å². The lowest BCUT2D eigenvalue weighted by molar-refractivity contribution is 0.302. The Morgan fingerprint density at radius 1 is 1.10 bits per heavy atom. The number of benzene rings is 1. The van der Waals surface area contributed by atoms with E-state index >= 15 is 0 Å². The molecule has 1 aromatic carbocycles. The molecule has 2 aromatic heterocycles. The Bertz CT molecular complexity index is 730. The molecule has 3 aromatic rings. The van der Waals surface area contributed by atoms with E-state index < -0.39 is 0 Å². The van der Waals surface area contributed by atoms with Gasteiger partial charge in [0.2, 0.25) is 0 Å². The molecule has 5 heteroatoms. The summed E-state index contributed by atoms with van der Waals surface area (Å²) in [5, 5.41) is 1.09. The van der Waals surface area contributed by atoms with Crippen LogP contribution in [0.1, 0.15) is 5.69 Å². The van der Waals surface area contributed by atoms with Crippen LogP contribution in [-0.4, -0.2) is 9.97 Å². The van der Waals surface area contributed by atoms with E-state index in [9.17, 15) is 0 Å². The van der Waals surface area contributed by atoms with E-state index in [0.29, 0.717) is 12.4 Å². The molecule has 100 valence electrons. The van der Waals surface area contributed by atoms with E-state index in [4.69, 9.17) is 10.6 Å². The molecule has 0 amide bonds. The van der Waals surface area contributed by atoms with Crippen LogP contribution in [0.25, 0.3) is 10.9 Å². The molecule has 0 radical (unpaired) electrons. The third kappa shape index (κ3) is 2.67. The molecule has 0 atom stereocenters. The minimum atomic E-state index is 0.383. The molecular weight excluding hydrogens is 252 g/mol. The van der Waals surface area contributed by atoms with Crippen molar-refractivity contribution in [3.05, 3.63) is 60.4 Å². The Morgan fingerprint density at radius 3 is 2.95 bits per heavy atom. The monoisotopic (exact) mass is 266 g/mol. The lowest BCUT2D eigenvalue weighted by Gasteiger charge is -2.07. The van der Waals surface area contributed by atoms with Gasteiger partial charge in [-0.1, -0.05) is 12.1 Å². The number of hydrogen-bond donors (Lipinski definition) is 2.